The van der Waals surface area contributed by atoms with Crippen molar-refractivity contribution in [2.24, 2.45) is 5.92 Å². The van der Waals surface area contributed by atoms with E-state index >= 15 is 0 Å². The molecular weight excluding hydrogens is 432 g/mol. The first-order valence-electron chi connectivity index (χ1n) is 12.1. The lowest BCUT2D eigenvalue weighted by molar-refractivity contribution is -0.137. The smallest absolute Gasteiger partial charge is 0.407 e. The molecule has 0 aromatic heterocycles. The van der Waals surface area contributed by atoms with Crippen molar-refractivity contribution in [3.63, 3.8) is 0 Å². The number of hydrogen-bond acceptors (Lipinski definition) is 4. The monoisotopic (exact) mass is 464 g/mol. The Kier molecular flexibility index (Phi) is 7.50. The SMILES string of the molecule is CC[C@H](CC(=O)O)NC(=O)C[C@H]1CC[C@@H](NC(=O)OCC2c3ccccc3-c3ccccc32)C1. The van der Waals surface area contributed by atoms with Crippen LogP contribution in [0.4, 0.5) is 4.79 Å². The van der Waals surface area contributed by atoms with E-state index in [9.17, 15) is 14.4 Å². The number of carbonyl (C=O) groups excluding carboxylic acids is 2. The predicted molar refractivity (Wildman–Crippen MR) is 128 cm³/mol. The number of carboxylic acid groups (broad SMARTS) is 1. The quantitative estimate of drug-likeness (QED) is 0.508. The summed E-state index contributed by atoms with van der Waals surface area (Å²) in [6.07, 6.45) is 2.79. The van der Waals surface area contributed by atoms with Crippen LogP contribution in [0.15, 0.2) is 48.5 Å². The number of rotatable bonds is 9. The van der Waals surface area contributed by atoms with E-state index in [1.165, 1.54) is 22.3 Å². The standard InChI is InChI=1S/C27H32N2O5/c1-2-18(15-26(31)32)28-25(30)14-17-11-12-19(13-17)29-27(33)34-16-24-22-9-5-3-7-20(22)21-8-4-6-10-23(21)24/h3-10,17-19,24H,2,11-16H2,1H3,(H,28,30)(H,29,33)(H,31,32)/t17-,18+,19+/m0/s1. The first kappa shape index (κ1) is 23.8. The average Bonchev–Trinajstić information content (AvgIpc) is 3.38. The summed E-state index contributed by atoms with van der Waals surface area (Å²) in [7, 11) is 0. The number of carbonyl (C=O) groups is 3. The van der Waals surface area contributed by atoms with Crippen molar-refractivity contribution in [3.05, 3.63) is 59.7 Å². The lowest BCUT2D eigenvalue weighted by Crippen LogP contribution is -2.37. The molecular formula is C27H32N2O5. The Bertz CT molecular complexity index is 1010. The van der Waals surface area contributed by atoms with Gasteiger partial charge in [-0.3, -0.25) is 9.59 Å². The zero-order valence-corrected chi connectivity index (χ0v) is 19.5. The van der Waals surface area contributed by atoms with E-state index in [4.69, 9.17) is 9.84 Å². The molecule has 2 aromatic carbocycles. The van der Waals surface area contributed by atoms with Crippen molar-refractivity contribution in [2.45, 2.75) is 63.5 Å². The predicted octanol–water partition coefficient (Wildman–Crippen LogP) is 4.45. The van der Waals surface area contributed by atoms with Gasteiger partial charge >= 0.3 is 12.1 Å². The Balaban J connectivity index is 1.24. The van der Waals surface area contributed by atoms with Crippen LogP contribution >= 0.6 is 0 Å². The minimum Gasteiger partial charge on any atom is -0.481 e. The summed E-state index contributed by atoms with van der Waals surface area (Å²) in [6, 6.07) is 16.1. The molecule has 7 heteroatoms. The molecule has 1 fully saturated rings. The highest BCUT2D eigenvalue weighted by molar-refractivity contribution is 5.79. The second-order valence-corrected chi connectivity index (χ2v) is 9.32. The molecule has 3 atom stereocenters. The largest absolute Gasteiger partial charge is 0.481 e. The normalized spacial score (nSPS) is 19.7. The summed E-state index contributed by atoms with van der Waals surface area (Å²) in [5, 5.41) is 14.7. The van der Waals surface area contributed by atoms with Crippen LogP contribution in [-0.2, 0) is 14.3 Å². The number of benzene rings is 2. The van der Waals surface area contributed by atoms with Crippen LogP contribution in [0.25, 0.3) is 11.1 Å². The molecule has 180 valence electrons. The van der Waals surface area contributed by atoms with Gasteiger partial charge in [0.25, 0.3) is 0 Å². The third kappa shape index (κ3) is 5.58. The van der Waals surface area contributed by atoms with Crippen LogP contribution in [0.3, 0.4) is 0 Å². The van der Waals surface area contributed by atoms with Crippen LogP contribution in [0.1, 0.15) is 62.5 Å². The minimum absolute atomic E-state index is 0.0190. The molecule has 0 unspecified atom stereocenters. The van der Waals surface area contributed by atoms with Gasteiger partial charge in [0.2, 0.25) is 5.91 Å². The number of amides is 2. The first-order chi connectivity index (χ1) is 16.4. The molecule has 2 amide bonds. The first-order valence-corrected chi connectivity index (χ1v) is 12.1. The van der Waals surface area contributed by atoms with Gasteiger partial charge < -0.3 is 20.5 Å². The molecule has 0 bridgehead atoms. The fourth-order valence-electron chi connectivity index (χ4n) is 5.26. The minimum atomic E-state index is -0.916. The van der Waals surface area contributed by atoms with E-state index in [0.717, 1.165) is 12.8 Å². The lowest BCUT2D eigenvalue weighted by Gasteiger charge is -2.18. The molecule has 2 aliphatic carbocycles. The Morgan fingerprint density at radius 1 is 1.03 bits per heavy atom. The zero-order chi connectivity index (χ0) is 24.1. The molecule has 0 heterocycles. The van der Waals surface area contributed by atoms with Crippen LogP contribution < -0.4 is 10.6 Å². The second-order valence-electron chi connectivity index (χ2n) is 9.32. The molecule has 1 saturated carbocycles. The zero-order valence-electron chi connectivity index (χ0n) is 19.5. The number of alkyl carbamates (subject to hydrolysis) is 1. The van der Waals surface area contributed by atoms with Crippen molar-refractivity contribution in [3.8, 4) is 11.1 Å². The average molecular weight is 465 g/mol. The maximum Gasteiger partial charge on any atom is 0.407 e. The number of hydrogen-bond donors (Lipinski definition) is 3. The van der Waals surface area contributed by atoms with Gasteiger partial charge in [0.1, 0.15) is 6.61 Å². The third-order valence-electron chi connectivity index (χ3n) is 6.96. The highest BCUT2D eigenvalue weighted by atomic mass is 16.5. The molecule has 2 aromatic rings. The molecule has 0 aliphatic heterocycles. The third-order valence-corrected chi connectivity index (χ3v) is 6.96. The van der Waals surface area contributed by atoms with E-state index in [1.54, 1.807) is 0 Å². The maximum absolute atomic E-state index is 12.5. The Labute approximate surface area is 199 Å². The van der Waals surface area contributed by atoms with Gasteiger partial charge in [0.05, 0.1) is 6.42 Å². The van der Waals surface area contributed by atoms with Crippen LogP contribution in [-0.4, -0.2) is 41.8 Å². The Morgan fingerprint density at radius 2 is 1.68 bits per heavy atom. The van der Waals surface area contributed by atoms with Gasteiger partial charge in [-0.05, 0) is 53.9 Å². The highest BCUT2D eigenvalue weighted by Gasteiger charge is 2.31. The summed E-state index contributed by atoms with van der Waals surface area (Å²) in [4.78, 5) is 35.7. The van der Waals surface area contributed by atoms with E-state index in [-0.39, 0.29) is 42.9 Å². The van der Waals surface area contributed by atoms with E-state index in [1.807, 2.05) is 31.2 Å². The molecule has 0 radical (unpaired) electrons. The highest BCUT2D eigenvalue weighted by Crippen LogP contribution is 2.44. The van der Waals surface area contributed by atoms with Gasteiger partial charge in [0.15, 0.2) is 0 Å². The molecule has 4 rings (SSSR count). The number of nitrogens with one attached hydrogen (secondary N) is 2. The van der Waals surface area contributed by atoms with Gasteiger partial charge in [-0.25, -0.2) is 4.79 Å². The Morgan fingerprint density at radius 3 is 2.29 bits per heavy atom. The van der Waals surface area contributed by atoms with Crippen LogP contribution in [0.5, 0.6) is 0 Å². The molecule has 2 aliphatic rings. The lowest BCUT2D eigenvalue weighted by atomic mass is 9.98. The van der Waals surface area contributed by atoms with Crippen LogP contribution in [0, 0.1) is 5.92 Å². The number of carboxylic acids is 1. The molecule has 3 N–H and O–H groups in total. The van der Waals surface area contributed by atoms with Gasteiger partial charge in [0, 0.05) is 24.4 Å². The molecule has 0 saturated heterocycles. The van der Waals surface area contributed by atoms with Crippen molar-refractivity contribution < 1.29 is 24.2 Å². The number of aliphatic carboxylic acids is 1. The summed E-state index contributed by atoms with van der Waals surface area (Å²) in [5.74, 6) is -0.850. The van der Waals surface area contributed by atoms with Gasteiger partial charge in [-0.1, -0.05) is 55.5 Å². The van der Waals surface area contributed by atoms with Gasteiger partial charge in [-0.2, -0.15) is 0 Å². The van der Waals surface area contributed by atoms with Crippen molar-refractivity contribution in [2.75, 3.05) is 6.61 Å². The summed E-state index contributed by atoms with van der Waals surface area (Å²) in [5.41, 5.74) is 4.74. The van der Waals surface area contributed by atoms with E-state index in [0.29, 0.717) is 19.3 Å². The molecule has 34 heavy (non-hydrogen) atoms. The molecule has 7 nitrogen and oxygen atoms in total. The number of ether oxygens (including phenoxy) is 1. The Hall–Kier alpha value is -3.35. The summed E-state index contributed by atoms with van der Waals surface area (Å²) < 4.78 is 5.64. The van der Waals surface area contributed by atoms with Crippen molar-refractivity contribution in [1.29, 1.82) is 0 Å². The van der Waals surface area contributed by atoms with Crippen molar-refractivity contribution in [1.82, 2.24) is 10.6 Å². The van der Waals surface area contributed by atoms with Crippen LogP contribution in [0.2, 0.25) is 0 Å². The van der Waals surface area contributed by atoms with E-state index in [2.05, 4.69) is 34.9 Å². The van der Waals surface area contributed by atoms with Gasteiger partial charge in [-0.15, -0.1) is 0 Å². The molecule has 0 spiro atoms. The van der Waals surface area contributed by atoms with Crippen molar-refractivity contribution >= 4 is 18.0 Å². The topological polar surface area (TPSA) is 105 Å². The summed E-state index contributed by atoms with van der Waals surface area (Å²) in [6.45, 7) is 2.14. The van der Waals surface area contributed by atoms with E-state index < -0.39 is 12.1 Å². The maximum atomic E-state index is 12.5. The second kappa shape index (κ2) is 10.7. The number of fused-ring (bicyclic) bond motifs is 3. The fraction of sp³-hybridized carbons (Fsp3) is 0.444. The summed E-state index contributed by atoms with van der Waals surface area (Å²) >= 11 is 0. The fourth-order valence-corrected chi connectivity index (χ4v) is 5.26.